The molecule has 116 valence electrons. The Hall–Kier alpha value is -3.02. The van der Waals surface area contributed by atoms with E-state index < -0.39 is 5.95 Å². The highest BCUT2D eigenvalue weighted by molar-refractivity contribution is 6.12. The minimum atomic E-state index is -0.650. The van der Waals surface area contributed by atoms with Gasteiger partial charge in [-0.15, -0.1) is 0 Å². The highest BCUT2D eigenvalue weighted by Crippen LogP contribution is 2.16. The molecule has 23 heavy (non-hydrogen) atoms. The van der Waals surface area contributed by atoms with Crippen LogP contribution >= 0.6 is 0 Å². The molecule has 1 aromatic heterocycles. The lowest BCUT2D eigenvalue weighted by molar-refractivity contribution is -0.137. The van der Waals surface area contributed by atoms with Crippen LogP contribution in [0, 0.1) is 5.95 Å². The zero-order valence-electron chi connectivity index (χ0n) is 12.1. The van der Waals surface area contributed by atoms with Gasteiger partial charge in [-0.3, -0.25) is 14.5 Å². The molecule has 5 nitrogen and oxygen atoms in total. The molecular formula is C17H13FN2O3. The van der Waals surface area contributed by atoms with Gasteiger partial charge in [-0.2, -0.15) is 4.39 Å². The van der Waals surface area contributed by atoms with E-state index in [1.54, 1.807) is 18.2 Å². The molecule has 0 bridgehead atoms. The van der Waals surface area contributed by atoms with Gasteiger partial charge in [0.15, 0.2) is 5.75 Å². The molecule has 0 saturated heterocycles. The first-order chi connectivity index (χ1) is 11.1. The lowest BCUT2D eigenvalue weighted by Crippen LogP contribution is -2.29. The summed E-state index contributed by atoms with van der Waals surface area (Å²) in [5.41, 5.74) is 1.67. The van der Waals surface area contributed by atoms with E-state index in [1.807, 2.05) is 12.1 Å². The van der Waals surface area contributed by atoms with E-state index in [-0.39, 0.29) is 30.7 Å². The summed E-state index contributed by atoms with van der Waals surface area (Å²) in [6.45, 7) is 0.426. The second-order valence-electron chi connectivity index (χ2n) is 4.99. The maximum absolute atomic E-state index is 13.3. The van der Waals surface area contributed by atoms with Gasteiger partial charge in [0.1, 0.15) is 6.61 Å². The van der Waals surface area contributed by atoms with E-state index in [4.69, 9.17) is 4.74 Å². The van der Waals surface area contributed by atoms with Crippen molar-refractivity contribution < 1.29 is 18.7 Å². The van der Waals surface area contributed by atoms with E-state index in [0.29, 0.717) is 0 Å². The zero-order valence-corrected chi connectivity index (χ0v) is 12.1. The fraction of sp³-hybridized carbons (Fsp3) is 0.118. The average molecular weight is 312 g/mol. The highest BCUT2D eigenvalue weighted by atomic mass is 19.1. The first kappa shape index (κ1) is 14.9. The molecule has 0 spiro atoms. The van der Waals surface area contributed by atoms with Crippen LogP contribution in [0.2, 0.25) is 0 Å². The van der Waals surface area contributed by atoms with Crippen molar-refractivity contribution in [2.75, 3.05) is 0 Å². The molecule has 3 rings (SSSR count). The lowest BCUT2D eigenvalue weighted by Gasteiger charge is -2.14. The average Bonchev–Trinajstić information content (AvgIpc) is 2.87. The van der Waals surface area contributed by atoms with Gasteiger partial charge >= 0.3 is 0 Å². The largest absolute Gasteiger partial charge is 0.484 e. The van der Waals surface area contributed by atoms with Crippen LogP contribution in [0.25, 0.3) is 0 Å². The fourth-order valence-electron chi connectivity index (χ4n) is 2.15. The van der Waals surface area contributed by atoms with E-state index in [9.17, 15) is 14.0 Å². The topological polar surface area (TPSA) is 59.5 Å². The second kappa shape index (κ2) is 6.39. The van der Waals surface area contributed by atoms with Gasteiger partial charge in [0.25, 0.3) is 17.8 Å². The SMILES string of the molecule is O=C1C=CC(=O)N1Cc1ccc(COc2cccnc2F)cc1. The number of aromatic nitrogens is 1. The molecule has 0 saturated carbocycles. The van der Waals surface area contributed by atoms with Crippen molar-refractivity contribution in [3.05, 3.63) is 71.8 Å². The molecule has 0 atom stereocenters. The van der Waals surface area contributed by atoms with Gasteiger partial charge in [-0.1, -0.05) is 24.3 Å². The van der Waals surface area contributed by atoms with Crippen LogP contribution in [-0.4, -0.2) is 21.7 Å². The van der Waals surface area contributed by atoms with Gasteiger partial charge < -0.3 is 4.74 Å². The Kier molecular flexibility index (Phi) is 4.14. The number of carbonyl (C=O) groups excluding carboxylic acids is 2. The van der Waals surface area contributed by atoms with E-state index in [0.717, 1.165) is 16.0 Å². The van der Waals surface area contributed by atoms with Crippen LogP contribution in [0.5, 0.6) is 5.75 Å². The maximum Gasteiger partial charge on any atom is 0.255 e. The third-order valence-electron chi connectivity index (χ3n) is 3.38. The van der Waals surface area contributed by atoms with E-state index >= 15 is 0 Å². The number of amides is 2. The Morgan fingerprint density at radius 2 is 1.65 bits per heavy atom. The summed E-state index contributed by atoms with van der Waals surface area (Å²) >= 11 is 0. The Balaban J connectivity index is 1.60. The van der Waals surface area contributed by atoms with Crippen molar-refractivity contribution in [1.82, 2.24) is 9.88 Å². The van der Waals surface area contributed by atoms with Crippen LogP contribution in [0.15, 0.2) is 54.7 Å². The summed E-state index contributed by atoms with van der Waals surface area (Å²) in [6.07, 6.45) is 3.87. The highest BCUT2D eigenvalue weighted by Gasteiger charge is 2.23. The first-order valence-electron chi connectivity index (χ1n) is 6.98. The third-order valence-corrected chi connectivity index (χ3v) is 3.38. The Morgan fingerprint density at radius 3 is 2.30 bits per heavy atom. The number of hydrogen-bond acceptors (Lipinski definition) is 4. The van der Waals surface area contributed by atoms with Crippen molar-refractivity contribution >= 4 is 11.8 Å². The summed E-state index contributed by atoms with van der Waals surface area (Å²) in [5.74, 6) is -1.18. The number of pyridine rings is 1. The number of imide groups is 1. The molecule has 2 heterocycles. The molecular weight excluding hydrogens is 299 g/mol. The van der Waals surface area contributed by atoms with Crippen molar-refractivity contribution in [1.29, 1.82) is 0 Å². The molecule has 0 fully saturated rings. The quantitative estimate of drug-likeness (QED) is 0.627. The van der Waals surface area contributed by atoms with Crippen molar-refractivity contribution in [3.8, 4) is 5.75 Å². The number of hydrogen-bond donors (Lipinski definition) is 0. The molecule has 2 amide bonds. The minimum absolute atomic E-state index is 0.0934. The Labute approximate surface area is 132 Å². The molecule has 0 aliphatic carbocycles. The number of halogens is 1. The first-order valence-corrected chi connectivity index (χ1v) is 6.98. The number of nitrogens with zero attached hydrogens (tertiary/aromatic N) is 2. The summed E-state index contributed by atoms with van der Waals surface area (Å²) in [5, 5.41) is 0. The second-order valence-corrected chi connectivity index (χ2v) is 4.99. The monoisotopic (exact) mass is 312 g/mol. The van der Waals surface area contributed by atoms with Gasteiger partial charge in [0.2, 0.25) is 0 Å². The minimum Gasteiger partial charge on any atom is -0.484 e. The summed E-state index contributed by atoms with van der Waals surface area (Å²) in [7, 11) is 0. The van der Waals surface area contributed by atoms with Crippen molar-refractivity contribution in [2.24, 2.45) is 0 Å². The summed E-state index contributed by atoms with van der Waals surface area (Å²) in [6, 6.07) is 10.3. The van der Waals surface area contributed by atoms with Crippen LogP contribution in [0.3, 0.4) is 0 Å². The lowest BCUT2D eigenvalue weighted by atomic mass is 10.1. The van der Waals surface area contributed by atoms with Gasteiger partial charge in [0.05, 0.1) is 6.54 Å². The van der Waals surface area contributed by atoms with Crippen LogP contribution in [0.4, 0.5) is 4.39 Å². The van der Waals surface area contributed by atoms with Gasteiger partial charge in [-0.05, 0) is 23.3 Å². The van der Waals surface area contributed by atoms with E-state index in [1.165, 1.54) is 24.4 Å². The predicted molar refractivity (Wildman–Crippen MR) is 79.7 cm³/mol. The Bertz CT molecular complexity index is 754. The molecule has 0 N–H and O–H groups in total. The molecule has 1 aromatic carbocycles. The van der Waals surface area contributed by atoms with Crippen LogP contribution < -0.4 is 4.74 Å². The maximum atomic E-state index is 13.3. The smallest absolute Gasteiger partial charge is 0.255 e. The molecule has 0 unspecified atom stereocenters. The molecule has 1 aliphatic rings. The van der Waals surface area contributed by atoms with Crippen LogP contribution in [-0.2, 0) is 22.7 Å². The molecule has 6 heteroatoms. The summed E-state index contributed by atoms with van der Waals surface area (Å²) < 4.78 is 18.7. The van der Waals surface area contributed by atoms with E-state index in [2.05, 4.69) is 4.98 Å². The fourth-order valence-corrected chi connectivity index (χ4v) is 2.15. The molecule has 0 radical (unpaired) electrons. The van der Waals surface area contributed by atoms with Crippen molar-refractivity contribution in [3.63, 3.8) is 0 Å². The van der Waals surface area contributed by atoms with Crippen LogP contribution in [0.1, 0.15) is 11.1 Å². The standard InChI is InChI=1S/C17H13FN2O3/c18-17-14(2-1-9-19-17)23-11-13-5-3-12(4-6-13)10-20-15(21)7-8-16(20)22/h1-9H,10-11H2. The third kappa shape index (κ3) is 3.42. The number of rotatable bonds is 5. The zero-order chi connectivity index (χ0) is 16.2. The Morgan fingerprint density at radius 1 is 1.00 bits per heavy atom. The summed E-state index contributed by atoms with van der Waals surface area (Å²) in [4.78, 5) is 27.7. The van der Waals surface area contributed by atoms with Crippen molar-refractivity contribution in [2.45, 2.75) is 13.2 Å². The number of ether oxygens (including phenoxy) is 1. The van der Waals surface area contributed by atoms with Gasteiger partial charge in [-0.25, -0.2) is 4.98 Å². The van der Waals surface area contributed by atoms with Gasteiger partial charge in [0, 0.05) is 18.3 Å². The predicted octanol–water partition coefficient (Wildman–Crippen LogP) is 2.22. The molecule has 2 aromatic rings. The molecule has 1 aliphatic heterocycles. The number of benzene rings is 1. The normalized spacial score (nSPS) is 13.7. The number of carbonyl (C=O) groups is 2.